The normalized spacial score (nSPS) is 10.6. The van der Waals surface area contributed by atoms with Crippen LogP contribution >= 0.6 is 43.6 Å². The molecule has 2 aromatic rings. The van der Waals surface area contributed by atoms with E-state index in [0.29, 0.717) is 10.4 Å². The third kappa shape index (κ3) is 3.30. The number of hydrogen-bond donors (Lipinski definition) is 0. The molecule has 1 aromatic heterocycles. The molecule has 0 aliphatic heterocycles. The van der Waals surface area contributed by atoms with Crippen LogP contribution in [0.15, 0.2) is 44.1 Å². The summed E-state index contributed by atoms with van der Waals surface area (Å²) in [5, 5.41) is 0. The number of pyridine rings is 1. The van der Waals surface area contributed by atoms with Gasteiger partial charge in [0.2, 0.25) is 0 Å². The number of rotatable bonds is 4. The van der Waals surface area contributed by atoms with Gasteiger partial charge < -0.3 is 9.30 Å². The van der Waals surface area contributed by atoms with Gasteiger partial charge in [-0.2, -0.15) is 0 Å². The van der Waals surface area contributed by atoms with E-state index in [1.807, 2.05) is 30.5 Å². The summed E-state index contributed by atoms with van der Waals surface area (Å²) in [7, 11) is 1.76. The number of hydrogen-bond acceptors (Lipinski definition) is 3. The number of nitrogens with zero attached hydrogens (tertiary/aromatic N) is 1. The number of benzene rings is 1. The summed E-state index contributed by atoms with van der Waals surface area (Å²) in [6.45, 7) is 0. The number of aromatic nitrogens is 1. The van der Waals surface area contributed by atoms with Crippen molar-refractivity contribution in [2.24, 2.45) is 7.05 Å². The zero-order chi connectivity index (χ0) is 14.7. The van der Waals surface area contributed by atoms with Crippen LogP contribution in [-0.2, 0) is 7.05 Å². The molecule has 0 fully saturated rings. The highest BCUT2D eigenvalue weighted by atomic mass is 79.9. The molecule has 1 heterocycles. The van der Waals surface area contributed by atoms with E-state index in [1.54, 1.807) is 29.4 Å². The fourth-order valence-electron chi connectivity index (χ4n) is 1.80. The van der Waals surface area contributed by atoms with Crippen molar-refractivity contribution < 1.29 is 4.74 Å². The van der Waals surface area contributed by atoms with Gasteiger partial charge in [0.05, 0.1) is 10.2 Å². The lowest BCUT2D eigenvalue weighted by molar-refractivity contribution is 0.393. The van der Waals surface area contributed by atoms with Crippen LogP contribution in [0.2, 0.25) is 0 Å². The first-order valence-corrected chi connectivity index (χ1v) is 8.79. The highest BCUT2D eigenvalue weighted by Crippen LogP contribution is 2.31. The topological polar surface area (TPSA) is 31.2 Å². The molecule has 20 heavy (non-hydrogen) atoms. The number of halogens is 2. The van der Waals surface area contributed by atoms with Crippen LogP contribution in [0.25, 0.3) is 11.3 Å². The second kappa shape index (κ2) is 6.83. The van der Waals surface area contributed by atoms with E-state index in [-0.39, 0.29) is 5.56 Å². The summed E-state index contributed by atoms with van der Waals surface area (Å²) in [6.07, 6.45) is 1.99. The molecule has 0 saturated carbocycles. The highest BCUT2D eigenvalue weighted by Gasteiger charge is 2.10. The van der Waals surface area contributed by atoms with Crippen LogP contribution in [0.3, 0.4) is 0 Å². The Bertz CT molecular complexity index is 685. The van der Waals surface area contributed by atoms with Crippen LogP contribution in [0.5, 0.6) is 5.75 Å². The zero-order valence-electron chi connectivity index (χ0n) is 11.0. The summed E-state index contributed by atoms with van der Waals surface area (Å²) < 4.78 is 8.63. The van der Waals surface area contributed by atoms with E-state index in [1.165, 1.54) is 0 Å². The first-order valence-electron chi connectivity index (χ1n) is 5.81. The van der Waals surface area contributed by atoms with Crippen LogP contribution < -0.4 is 10.3 Å². The van der Waals surface area contributed by atoms with Gasteiger partial charge in [-0.3, -0.25) is 4.79 Å². The van der Waals surface area contributed by atoms with Crippen molar-refractivity contribution in [2.75, 3.05) is 12.2 Å². The van der Waals surface area contributed by atoms with Gasteiger partial charge >= 0.3 is 0 Å². The molecular formula is C14H13Br2NO2S. The summed E-state index contributed by atoms with van der Waals surface area (Å²) >= 11 is 8.40. The number of ether oxygens (including phenoxy) is 1. The van der Waals surface area contributed by atoms with Crippen molar-refractivity contribution in [1.29, 1.82) is 0 Å². The Balaban J connectivity index is 2.44. The van der Waals surface area contributed by atoms with Crippen LogP contribution in [0.1, 0.15) is 0 Å². The molecule has 0 spiro atoms. The Labute approximate surface area is 138 Å². The smallest absolute Gasteiger partial charge is 0.265 e. The zero-order valence-corrected chi connectivity index (χ0v) is 15.0. The van der Waals surface area contributed by atoms with E-state index in [9.17, 15) is 4.79 Å². The summed E-state index contributed by atoms with van der Waals surface area (Å²) in [5.74, 6) is 1.42. The molecule has 0 N–H and O–H groups in total. The van der Waals surface area contributed by atoms with Gasteiger partial charge in [0.15, 0.2) is 0 Å². The second-order valence-electron chi connectivity index (χ2n) is 4.12. The van der Waals surface area contributed by atoms with Gasteiger partial charge in [-0.05, 0) is 68.4 Å². The lowest BCUT2D eigenvalue weighted by Crippen LogP contribution is -2.18. The first-order chi connectivity index (χ1) is 9.54. The van der Waals surface area contributed by atoms with Gasteiger partial charge in [-0.15, -0.1) is 11.8 Å². The fourth-order valence-corrected chi connectivity index (χ4v) is 3.01. The van der Waals surface area contributed by atoms with Crippen LogP contribution in [-0.4, -0.2) is 16.8 Å². The van der Waals surface area contributed by atoms with Gasteiger partial charge in [0.25, 0.3) is 5.56 Å². The molecule has 0 unspecified atom stereocenters. The molecule has 0 atom stereocenters. The summed E-state index contributed by atoms with van der Waals surface area (Å²) in [6, 6.07) is 9.44. The lowest BCUT2D eigenvalue weighted by atomic mass is 10.1. The first kappa shape index (κ1) is 15.7. The van der Waals surface area contributed by atoms with E-state index in [2.05, 4.69) is 31.9 Å². The van der Waals surface area contributed by atoms with Gasteiger partial charge in [0, 0.05) is 17.1 Å². The predicted molar refractivity (Wildman–Crippen MR) is 91.5 cm³/mol. The number of thioether (sulfide) groups is 1. The highest BCUT2D eigenvalue weighted by molar-refractivity contribution is 9.10. The second-order valence-corrected chi connectivity index (χ2v) is 6.64. The minimum atomic E-state index is -0.0582. The molecular weight excluding hydrogens is 406 g/mol. The van der Waals surface area contributed by atoms with Crippen molar-refractivity contribution in [1.82, 2.24) is 4.57 Å². The van der Waals surface area contributed by atoms with Crippen molar-refractivity contribution in [3.05, 3.63) is 49.6 Å². The van der Waals surface area contributed by atoms with Gasteiger partial charge in [-0.25, -0.2) is 0 Å². The Kier molecular flexibility index (Phi) is 5.35. The van der Waals surface area contributed by atoms with Crippen molar-refractivity contribution in [3.63, 3.8) is 0 Å². The molecule has 0 bridgehead atoms. The van der Waals surface area contributed by atoms with E-state index < -0.39 is 0 Å². The van der Waals surface area contributed by atoms with Crippen molar-refractivity contribution in [3.8, 4) is 17.0 Å². The Morgan fingerprint density at radius 1 is 1.20 bits per heavy atom. The Hall–Kier alpha value is -0.720. The van der Waals surface area contributed by atoms with E-state index >= 15 is 0 Å². The minimum absolute atomic E-state index is 0.0582. The molecule has 1 aromatic carbocycles. The third-order valence-electron chi connectivity index (χ3n) is 2.82. The van der Waals surface area contributed by atoms with Gasteiger partial charge in [0.1, 0.15) is 11.7 Å². The molecule has 0 aliphatic rings. The molecule has 0 amide bonds. The molecule has 3 nitrogen and oxygen atoms in total. The molecule has 106 valence electrons. The van der Waals surface area contributed by atoms with E-state index in [4.69, 9.17) is 4.74 Å². The fraction of sp³-hybridized carbons (Fsp3) is 0.214. The summed E-state index contributed by atoms with van der Waals surface area (Å²) in [5.41, 5.74) is 1.74. The lowest BCUT2D eigenvalue weighted by Gasteiger charge is -2.12. The summed E-state index contributed by atoms with van der Waals surface area (Å²) in [4.78, 5) is 12.0. The quantitative estimate of drug-likeness (QED) is 0.694. The van der Waals surface area contributed by atoms with Crippen LogP contribution in [0, 0.1) is 0 Å². The average Bonchev–Trinajstić information content (AvgIpc) is 2.44. The predicted octanol–water partition coefficient (Wildman–Crippen LogP) is 4.28. The maximum absolute atomic E-state index is 12.0. The van der Waals surface area contributed by atoms with Gasteiger partial charge in [-0.1, -0.05) is 0 Å². The average molecular weight is 419 g/mol. The molecule has 0 radical (unpaired) electrons. The standard InChI is InChI=1S/C14H13Br2NO2S/c1-17-13(6-5-11(15)14(17)18)10-4-3-9(7-12(10)16)19-8-20-2/h3-7H,8H2,1-2H3. The Morgan fingerprint density at radius 3 is 2.60 bits per heavy atom. The maximum Gasteiger partial charge on any atom is 0.265 e. The third-order valence-corrected chi connectivity index (χ3v) is 4.43. The van der Waals surface area contributed by atoms with Crippen molar-refractivity contribution in [2.45, 2.75) is 0 Å². The molecule has 0 saturated heterocycles. The van der Waals surface area contributed by atoms with Crippen molar-refractivity contribution >= 4 is 43.6 Å². The largest absolute Gasteiger partial charge is 0.483 e. The minimum Gasteiger partial charge on any atom is -0.483 e. The van der Waals surface area contributed by atoms with Crippen LogP contribution in [0.4, 0.5) is 0 Å². The monoisotopic (exact) mass is 417 g/mol. The molecule has 0 aliphatic carbocycles. The maximum atomic E-state index is 12.0. The Morgan fingerprint density at radius 2 is 1.95 bits per heavy atom. The molecule has 6 heteroatoms. The van der Waals surface area contributed by atoms with E-state index in [0.717, 1.165) is 21.5 Å². The SMILES string of the molecule is CSCOc1ccc(-c2ccc(Br)c(=O)n2C)c(Br)c1. The molecule has 2 rings (SSSR count).